The molecule has 0 unspecified atom stereocenters. The van der Waals surface area contributed by atoms with Crippen molar-refractivity contribution in [2.24, 2.45) is 5.92 Å². The number of aliphatic hydroxyl groups excluding tert-OH is 1. The Morgan fingerprint density at radius 3 is 2.45 bits per heavy atom. The zero-order chi connectivity index (χ0) is 26.7. The molecule has 0 saturated carbocycles. The third-order valence-electron chi connectivity index (χ3n) is 7.74. The SMILES string of the molecule is CC(C)(CO)N1CCN(c2ccc([As]c3nc(N4CCC(CC#N)CC4)nc4cn[nH]c(=O)c34)cc2)CC1. The van der Waals surface area contributed by atoms with Gasteiger partial charge in [0, 0.05) is 0 Å². The van der Waals surface area contributed by atoms with E-state index in [9.17, 15) is 9.90 Å². The van der Waals surface area contributed by atoms with E-state index in [4.69, 9.17) is 15.2 Å². The molecule has 0 bridgehead atoms. The van der Waals surface area contributed by atoms with Gasteiger partial charge in [-0.05, 0) is 0 Å². The molecule has 11 heteroatoms. The number of piperazine rings is 1. The predicted octanol–water partition coefficient (Wildman–Crippen LogP) is 0.391. The number of aromatic nitrogens is 4. The van der Waals surface area contributed by atoms with Crippen LogP contribution in [0.5, 0.6) is 0 Å². The molecular formula is C27H34AsN8O2. The number of nitrogens with one attached hydrogen (secondary N) is 1. The summed E-state index contributed by atoms with van der Waals surface area (Å²) >= 11 is -0.541. The number of aliphatic hydroxyl groups is 1. The molecule has 2 aliphatic heterocycles. The van der Waals surface area contributed by atoms with Gasteiger partial charge in [-0.25, -0.2) is 0 Å². The maximum absolute atomic E-state index is 12.7. The number of piperidine rings is 1. The molecule has 1 radical (unpaired) electrons. The zero-order valence-electron chi connectivity index (χ0n) is 22.0. The van der Waals surface area contributed by atoms with Crippen LogP contribution in [0.2, 0.25) is 0 Å². The number of aromatic amines is 1. The summed E-state index contributed by atoms with van der Waals surface area (Å²) in [7, 11) is 0. The Hall–Kier alpha value is -2.99. The van der Waals surface area contributed by atoms with Gasteiger partial charge in [0.2, 0.25) is 0 Å². The van der Waals surface area contributed by atoms with Crippen molar-refractivity contribution < 1.29 is 5.11 Å². The van der Waals surface area contributed by atoms with Crippen LogP contribution in [0, 0.1) is 17.2 Å². The topological polar surface area (TPSA) is 125 Å². The van der Waals surface area contributed by atoms with Gasteiger partial charge in [-0.15, -0.1) is 0 Å². The van der Waals surface area contributed by atoms with Crippen LogP contribution in [-0.2, 0) is 0 Å². The van der Waals surface area contributed by atoms with E-state index in [1.165, 1.54) is 10.0 Å². The Morgan fingerprint density at radius 1 is 1.08 bits per heavy atom. The molecule has 2 N–H and O–H groups in total. The maximum atomic E-state index is 12.7. The number of rotatable bonds is 7. The van der Waals surface area contributed by atoms with Crippen LogP contribution in [0.25, 0.3) is 10.9 Å². The quantitative estimate of drug-likeness (QED) is 0.384. The van der Waals surface area contributed by atoms with Gasteiger partial charge in [-0.3, -0.25) is 0 Å². The van der Waals surface area contributed by atoms with E-state index in [2.05, 4.69) is 69.1 Å². The van der Waals surface area contributed by atoms with E-state index in [-0.39, 0.29) is 17.7 Å². The first-order valence-corrected chi connectivity index (χ1v) is 15.1. The molecule has 0 amide bonds. The van der Waals surface area contributed by atoms with Crippen molar-refractivity contribution in [2.75, 3.05) is 55.7 Å². The van der Waals surface area contributed by atoms with Crippen molar-refractivity contribution in [3.05, 3.63) is 40.8 Å². The Labute approximate surface area is 229 Å². The average Bonchev–Trinajstić information content (AvgIpc) is 2.94. The van der Waals surface area contributed by atoms with Crippen molar-refractivity contribution >= 4 is 47.1 Å². The molecular weight excluding hydrogens is 543 g/mol. The summed E-state index contributed by atoms with van der Waals surface area (Å²) in [5.41, 5.74) is 1.31. The van der Waals surface area contributed by atoms with Crippen LogP contribution < -0.4 is 24.2 Å². The molecule has 2 aromatic heterocycles. The van der Waals surface area contributed by atoms with E-state index in [0.29, 0.717) is 29.2 Å². The van der Waals surface area contributed by atoms with E-state index < -0.39 is 15.8 Å². The van der Waals surface area contributed by atoms with Crippen molar-refractivity contribution in [3.63, 3.8) is 0 Å². The number of hydrogen-bond donors (Lipinski definition) is 2. The molecule has 2 saturated heterocycles. The summed E-state index contributed by atoms with van der Waals surface area (Å²) in [5.74, 6) is 1.07. The van der Waals surface area contributed by atoms with Crippen molar-refractivity contribution in [3.8, 4) is 6.07 Å². The zero-order valence-corrected chi connectivity index (χ0v) is 23.8. The first-order valence-electron chi connectivity index (χ1n) is 13.2. The first-order chi connectivity index (χ1) is 18.4. The molecule has 38 heavy (non-hydrogen) atoms. The van der Waals surface area contributed by atoms with Gasteiger partial charge in [0.1, 0.15) is 0 Å². The molecule has 0 atom stereocenters. The summed E-state index contributed by atoms with van der Waals surface area (Å²) in [4.78, 5) is 29.2. The second-order valence-electron chi connectivity index (χ2n) is 10.7. The van der Waals surface area contributed by atoms with E-state index in [0.717, 1.165) is 56.6 Å². The van der Waals surface area contributed by atoms with Crippen LogP contribution >= 0.6 is 0 Å². The Morgan fingerprint density at radius 2 is 1.79 bits per heavy atom. The molecule has 4 heterocycles. The van der Waals surface area contributed by atoms with Gasteiger partial charge in [0.25, 0.3) is 0 Å². The number of H-pyrrole nitrogens is 1. The number of nitrogens with zero attached hydrogens (tertiary/aromatic N) is 7. The summed E-state index contributed by atoms with van der Waals surface area (Å²) in [5, 5.41) is 25.8. The number of benzene rings is 1. The summed E-state index contributed by atoms with van der Waals surface area (Å²) in [6, 6.07) is 10.9. The van der Waals surface area contributed by atoms with Gasteiger partial charge in [0.05, 0.1) is 0 Å². The Bertz CT molecular complexity index is 1350. The third kappa shape index (κ3) is 5.70. The van der Waals surface area contributed by atoms with Crippen LogP contribution in [-0.4, -0.2) is 97.3 Å². The average molecular weight is 578 g/mol. The Balaban J connectivity index is 1.33. The molecule has 2 fully saturated rings. The van der Waals surface area contributed by atoms with Crippen LogP contribution in [0.4, 0.5) is 11.6 Å². The monoisotopic (exact) mass is 577 g/mol. The van der Waals surface area contributed by atoms with Gasteiger partial charge in [-0.1, -0.05) is 0 Å². The summed E-state index contributed by atoms with van der Waals surface area (Å²) < 4.78 is 1.96. The number of anilines is 2. The van der Waals surface area contributed by atoms with Crippen LogP contribution in [0.15, 0.2) is 35.3 Å². The Kier molecular flexibility index (Phi) is 7.98. The van der Waals surface area contributed by atoms with Gasteiger partial charge >= 0.3 is 230 Å². The molecule has 0 aliphatic carbocycles. The number of hydrogen-bond acceptors (Lipinski definition) is 9. The molecule has 2 aliphatic rings. The van der Waals surface area contributed by atoms with Crippen molar-refractivity contribution in [1.29, 1.82) is 5.26 Å². The fourth-order valence-corrected chi connectivity index (χ4v) is 7.31. The third-order valence-corrected chi connectivity index (χ3v) is 10.0. The van der Waals surface area contributed by atoms with Gasteiger partial charge < -0.3 is 0 Å². The fourth-order valence-electron chi connectivity index (χ4n) is 5.19. The molecule has 5 rings (SSSR count). The van der Waals surface area contributed by atoms with Crippen LogP contribution in [0.1, 0.15) is 33.1 Å². The molecule has 1 aromatic carbocycles. The predicted molar refractivity (Wildman–Crippen MR) is 150 cm³/mol. The van der Waals surface area contributed by atoms with E-state index >= 15 is 0 Å². The van der Waals surface area contributed by atoms with Gasteiger partial charge in [-0.2, -0.15) is 0 Å². The minimum absolute atomic E-state index is 0.155. The number of nitriles is 1. The van der Waals surface area contributed by atoms with Crippen molar-refractivity contribution in [2.45, 2.75) is 38.6 Å². The van der Waals surface area contributed by atoms with Crippen LogP contribution in [0.3, 0.4) is 0 Å². The molecule has 3 aromatic rings. The minimum atomic E-state index is -0.541. The summed E-state index contributed by atoms with van der Waals surface area (Å²) in [6.45, 7) is 9.62. The summed E-state index contributed by atoms with van der Waals surface area (Å²) in [6.07, 6.45) is 4.08. The van der Waals surface area contributed by atoms with Gasteiger partial charge in [0.15, 0.2) is 0 Å². The molecule has 0 spiro atoms. The van der Waals surface area contributed by atoms with E-state index in [1.807, 2.05) is 0 Å². The number of fused-ring (bicyclic) bond motifs is 1. The normalized spacial score (nSPS) is 17.9. The molecule has 199 valence electrons. The molecule has 10 nitrogen and oxygen atoms in total. The second-order valence-corrected chi connectivity index (χ2v) is 13.1. The van der Waals surface area contributed by atoms with E-state index in [1.54, 1.807) is 6.20 Å². The first kappa shape index (κ1) is 26.6. The second kappa shape index (κ2) is 11.4. The standard InChI is InChI=1S/C27H34AsN8O2/c1-27(2,18-37)36-15-13-34(14-16-36)21-5-3-20(4-6-21)28-24-23-22(17-30-33-25(23)38)31-26(32-24)35-11-8-19(7-10-29)9-12-35/h3-6,17,19,37H,7-9,11-16,18H2,1-2H3,(H,33,38). The fraction of sp³-hybridized carbons (Fsp3) is 0.519. The van der Waals surface area contributed by atoms with Crippen molar-refractivity contribution in [1.82, 2.24) is 25.1 Å².